The summed E-state index contributed by atoms with van der Waals surface area (Å²) in [6.45, 7) is -0.526. The van der Waals surface area contributed by atoms with Crippen LogP contribution in [-0.4, -0.2) is 54.8 Å². The van der Waals surface area contributed by atoms with Gasteiger partial charge < -0.3 is 25.8 Å². The van der Waals surface area contributed by atoms with E-state index in [0.717, 1.165) is 4.57 Å². The van der Waals surface area contributed by atoms with Crippen LogP contribution in [0.3, 0.4) is 0 Å². The van der Waals surface area contributed by atoms with E-state index in [4.69, 9.17) is 15.6 Å². The van der Waals surface area contributed by atoms with E-state index in [9.17, 15) is 19.8 Å². The van der Waals surface area contributed by atoms with Crippen LogP contribution in [0.15, 0.2) is 9.59 Å². The number of nitrogens with two attached hydrogens (primary N) is 1. The highest BCUT2D eigenvalue weighted by Crippen LogP contribution is 2.30. The molecule has 114 valence electrons. The van der Waals surface area contributed by atoms with Gasteiger partial charge in [0.2, 0.25) is 5.95 Å². The van der Waals surface area contributed by atoms with Gasteiger partial charge in [-0.25, -0.2) is 0 Å². The van der Waals surface area contributed by atoms with E-state index in [1.807, 2.05) is 0 Å². The topological polar surface area (TPSA) is 164 Å². The Morgan fingerprint density at radius 2 is 2.10 bits per heavy atom. The zero-order chi connectivity index (χ0) is 15.3. The fraction of sp³-hybridized carbons (Fsp3) is 0.500. The Balaban J connectivity index is 2.20. The van der Waals surface area contributed by atoms with Gasteiger partial charge in [-0.05, 0) is 0 Å². The van der Waals surface area contributed by atoms with E-state index in [-0.39, 0.29) is 16.3 Å². The molecule has 0 aromatic carbocycles. The molecule has 4 atom stereocenters. The minimum absolute atomic E-state index is 0.0342. The predicted molar refractivity (Wildman–Crippen MR) is 71.9 cm³/mol. The summed E-state index contributed by atoms with van der Waals surface area (Å²) < 4.78 is 6.26. The van der Waals surface area contributed by atoms with Crippen molar-refractivity contribution in [1.82, 2.24) is 14.5 Å². The van der Waals surface area contributed by atoms with Crippen LogP contribution in [0, 0.1) is 0 Å². The number of aromatic nitrogens is 3. The monoisotopic (exact) mass is 316 g/mol. The number of nitrogens with zero attached hydrogens (tertiary/aromatic N) is 2. The first-order valence-corrected chi connectivity index (χ1v) is 6.79. The van der Waals surface area contributed by atoms with Crippen LogP contribution in [0.25, 0.3) is 10.3 Å². The number of aliphatic hydroxyl groups is 3. The highest BCUT2D eigenvalue weighted by Gasteiger charge is 2.44. The second kappa shape index (κ2) is 4.89. The Morgan fingerprint density at radius 3 is 2.71 bits per heavy atom. The van der Waals surface area contributed by atoms with Gasteiger partial charge in [0.1, 0.15) is 23.0 Å². The average molecular weight is 316 g/mol. The maximum absolute atomic E-state index is 12.0. The third-order valence-corrected chi connectivity index (χ3v) is 4.21. The van der Waals surface area contributed by atoms with E-state index >= 15 is 0 Å². The lowest BCUT2D eigenvalue weighted by Gasteiger charge is -2.15. The number of fused-ring (bicyclic) bond motifs is 1. The summed E-state index contributed by atoms with van der Waals surface area (Å²) in [4.78, 5) is 29.3. The van der Waals surface area contributed by atoms with Gasteiger partial charge in [-0.1, -0.05) is 11.3 Å². The van der Waals surface area contributed by atoms with Gasteiger partial charge in [0, 0.05) is 0 Å². The van der Waals surface area contributed by atoms with Crippen molar-refractivity contribution in [3.8, 4) is 0 Å². The Morgan fingerprint density at radius 1 is 1.38 bits per heavy atom. The molecule has 0 radical (unpaired) electrons. The van der Waals surface area contributed by atoms with Gasteiger partial charge in [0.05, 0.1) is 6.61 Å². The van der Waals surface area contributed by atoms with Crippen molar-refractivity contribution in [2.75, 3.05) is 12.3 Å². The first-order valence-electron chi connectivity index (χ1n) is 5.97. The van der Waals surface area contributed by atoms with E-state index in [1.165, 1.54) is 0 Å². The molecular weight excluding hydrogens is 304 g/mol. The molecule has 11 heteroatoms. The zero-order valence-corrected chi connectivity index (χ0v) is 11.3. The van der Waals surface area contributed by atoms with Crippen LogP contribution in [0.2, 0.25) is 0 Å². The summed E-state index contributed by atoms with van der Waals surface area (Å²) in [7, 11) is 0. The van der Waals surface area contributed by atoms with Crippen molar-refractivity contribution in [3.05, 3.63) is 20.0 Å². The minimum atomic E-state index is -1.44. The number of H-pyrrole nitrogens is 1. The first-order chi connectivity index (χ1) is 9.93. The first kappa shape index (κ1) is 14.2. The van der Waals surface area contributed by atoms with E-state index in [2.05, 4.69) is 9.97 Å². The lowest BCUT2D eigenvalue weighted by atomic mass is 10.1. The molecule has 21 heavy (non-hydrogen) atoms. The number of nitrogen functional groups attached to an aromatic ring is 1. The summed E-state index contributed by atoms with van der Waals surface area (Å²) in [5.41, 5.74) is 4.83. The molecule has 10 nitrogen and oxygen atoms in total. The molecule has 1 fully saturated rings. The molecule has 0 aliphatic carbocycles. The molecule has 1 saturated heterocycles. The molecule has 0 amide bonds. The van der Waals surface area contributed by atoms with E-state index in [1.54, 1.807) is 0 Å². The van der Waals surface area contributed by atoms with E-state index in [0.29, 0.717) is 11.3 Å². The number of aromatic amines is 1. The largest absolute Gasteiger partial charge is 0.394 e. The summed E-state index contributed by atoms with van der Waals surface area (Å²) >= 11 is 0.623. The molecule has 0 saturated carbocycles. The van der Waals surface area contributed by atoms with Crippen molar-refractivity contribution < 1.29 is 20.1 Å². The third-order valence-electron chi connectivity index (χ3n) is 3.26. The lowest BCUT2D eigenvalue weighted by Crippen LogP contribution is -2.34. The molecule has 1 aliphatic rings. The van der Waals surface area contributed by atoms with Crippen molar-refractivity contribution in [2.24, 2.45) is 0 Å². The van der Waals surface area contributed by atoms with Gasteiger partial charge >= 0.3 is 4.87 Å². The number of hydrogen-bond donors (Lipinski definition) is 5. The van der Waals surface area contributed by atoms with Crippen molar-refractivity contribution in [1.29, 1.82) is 0 Å². The Hall–Kier alpha value is -1.79. The van der Waals surface area contributed by atoms with Crippen molar-refractivity contribution >= 4 is 27.6 Å². The molecule has 3 heterocycles. The molecule has 0 spiro atoms. The molecule has 2 aromatic heterocycles. The lowest BCUT2D eigenvalue weighted by molar-refractivity contribution is -0.0518. The Labute approximate surface area is 120 Å². The molecule has 3 rings (SSSR count). The summed E-state index contributed by atoms with van der Waals surface area (Å²) in [5, 5.41) is 28.8. The fourth-order valence-electron chi connectivity index (χ4n) is 2.26. The van der Waals surface area contributed by atoms with Crippen LogP contribution < -0.4 is 16.2 Å². The van der Waals surface area contributed by atoms with Gasteiger partial charge in [-0.2, -0.15) is 4.98 Å². The normalized spacial score (nSPS) is 29.3. The molecule has 1 aliphatic heterocycles. The number of hydrogen-bond acceptors (Lipinski definition) is 9. The standard InChI is InChI=1S/C10H12N4O6S/c11-9-12-6-5(7(18)13-9)21-10(19)14(6)8-4(17)3(16)2(1-15)20-8/h2-4,8,15-17H,1H2,(H3,11,12,13,18)/t2-,3+,4+,8+/m1/s1. The zero-order valence-electron chi connectivity index (χ0n) is 10.5. The van der Waals surface area contributed by atoms with Crippen LogP contribution in [0.4, 0.5) is 5.95 Å². The summed E-state index contributed by atoms with van der Waals surface area (Å²) in [5.74, 6) is -0.189. The van der Waals surface area contributed by atoms with Crippen LogP contribution in [0.5, 0.6) is 0 Å². The maximum Gasteiger partial charge on any atom is 0.311 e. The van der Waals surface area contributed by atoms with Gasteiger partial charge in [0.15, 0.2) is 11.9 Å². The average Bonchev–Trinajstić information content (AvgIpc) is 2.89. The SMILES string of the molecule is Nc1nc2c(sc(=O)n2[C@H]2O[C@H](CO)[C@H](O)[C@@H]2O)c(=O)[nH]1. The number of anilines is 1. The van der Waals surface area contributed by atoms with Gasteiger partial charge in [0.25, 0.3) is 5.56 Å². The quantitative estimate of drug-likeness (QED) is 0.400. The molecule has 0 bridgehead atoms. The summed E-state index contributed by atoms with van der Waals surface area (Å²) in [6, 6.07) is 0. The predicted octanol–water partition coefficient (Wildman–Crippen LogP) is -2.66. The molecule has 2 aromatic rings. The number of nitrogens with one attached hydrogen (secondary N) is 1. The highest BCUT2D eigenvalue weighted by atomic mass is 32.1. The van der Waals surface area contributed by atoms with Gasteiger partial charge in [-0.15, -0.1) is 0 Å². The second-order valence-electron chi connectivity index (χ2n) is 4.57. The number of thiazole rings is 1. The maximum atomic E-state index is 12.0. The van der Waals surface area contributed by atoms with Crippen LogP contribution in [0.1, 0.15) is 6.23 Å². The molecule has 0 unspecified atom stereocenters. The second-order valence-corrected chi connectivity index (χ2v) is 5.53. The smallest absolute Gasteiger partial charge is 0.311 e. The Kier molecular flexibility index (Phi) is 3.30. The minimum Gasteiger partial charge on any atom is -0.394 e. The third kappa shape index (κ3) is 2.06. The number of rotatable bonds is 2. The van der Waals surface area contributed by atoms with E-state index < -0.39 is 41.6 Å². The van der Waals surface area contributed by atoms with Crippen molar-refractivity contribution in [3.63, 3.8) is 0 Å². The number of ether oxygens (including phenoxy) is 1. The van der Waals surface area contributed by atoms with Crippen LogP contribution >= 0.6 is 11.3 Å². The highest BCUT2D eigenvalue weighted by molar-refractivity contribution is 7.16. The fourth-order valence-corrected chi connectivity index (χ4v) is 3.11. The Bertz CT molecular complexity index is 797. The summed E-state index contributed by atoms with van der Waals surface area (Å²) in [6.07, 6.45) is -5.10. The molecular formula is C10H12N4O6S. The number of aliphatic hydroxyl groups excluding tert-OH is 3. The van der Waals surface area contributed by atoms with Gasteiger partial charge in [-0.3, -0.25) is 19.1 Å². The van der Waals surface area contributed by atoms with Crippen LogP contribution in [-0.2, 0) is 4.74 Å². The van der Waals surface area contributed by atoms with Crippen molar-refractivity contribution in [2.45, 2.75) is 24.5 Å². The molecule has 6 N–H and O–H groups in total.